The van der Waals surface area contributed by atoms with Crippen LogP contribution in [0, 0.1) is 0 Å². The first-order valence-electron chi connectivity index (χ1n) is 5.79. The van der Waals surface area contributed by atoms with Crippen LogP contribution in [0.4, 0.5) is 0 Å². The number of aliphatic imine (C=N–C) groups is 1. The van der Waals surface area contributed by atoms with Gasteiger partial charge >= 0.3 is 0 Å². The second-order valence-electron chi connectivity index (χ2n) is 3.97. The molecule has 0 bridgehead atoms. The fourth-order valence-corrected chi connectivity index (χ4v) is 1.94. The highest BCUT2D eigenvalue weighted by Crippen LogP contribution is 2.11. The smallest absolute Gasteiger partial charge is 0.160 e. The summed E-state index contributed by atoms with van der Waals surface area (Å²) in [5.41, 5.74) is 1.94. The van der Waals surface area contributed by atoms with Crippen LogP contribution in [-0.2, 0) is 6.54 Å². The van der Waals surface area contributed by atoms with E-state index in [9.17, 15) is 0 Å². The van der Waals surface area contributed by atoms with Crippen molar-refractivity contribution in [1.82, 2.24) is 24.1 Å². The lowest BCUT2D eigenvalue weighted by atomic mass is 10.2. The lowest BCUT2D eigenvalue weighted by molar-refractivity contribution is 0.783. The SMILES string of the molecule is C=N/C=C\c1nccn1Cc1cccn2ncnc12. The van der Waals surface area contributed by atoms with E-state index in [2.05, 4.69) is 26.8 Å². The van der Waals surface area contributed by atoms with Gasteiger partial charge in [0.2, 0.25) is 0 Å². The number of hydrogen-bond acceptors (Lipinski definition) is 4. The standard InChI is InChI=1S/C13H12N6/c1-14-5-4-12-15-6-8-18(12)9-11-3-2-7-19-13(11)16-10-17-19/h2-8,10H,1,9H2/b5-4-. The predicted octanol–water partition coefficient (Wildman–Crippen LogP) is 1.65. The summed E-state index contributed by atoms with van der Waals surface area (Å²) >= 11 is 0. The first-order valence-corrected chi connectivity index (χ1v) is 5.79. The summed E-state index contributed by atoms with van der Waals surface area (Å²) in [5.74, 6) is 0.828. The van der Waals surface area contributed by atoms with Gasteiger partial charge in [0, 0.05) is 30.4 Å². The molecule has 3 rings (SSSR count). The molecule has 0 saturated heterocycles. The van der Waals surface area contributed by atoms with Gasteiger partial charge in [-0.3, -0.25) is 4.99 Å². The largest absolute Gasteiger partial charge is 0.327 e. The van der Waals surface area contributed by atoms with Crippen LogP contribution in [0.1, 0.15) is 11.4 Å². The van der Waals surface area contributed by atoms with Crippen LogP contribution in [0.2, 0.25) is 0 Å². The predicted molar refractivity (Wildman–Crippen MR) is 72.9 cm³/mol. The molecule has 0 saturated carbocycles. The summed E-state index contributed by atoms with van der Waals surface area (Å²) < 4.78 is 3.78. The van der Waals surface area contributed by atoms with Gasteiger partial charge in [-0.1, -0.05) is 6.07 Å². The number of aromatic nitrogens is 5. The third kappa shape index (κ3) is 2.15. The summed E-state index contributed by atoms with van der Waals surface area (Å²) in [6, 6.07) is 3.98. The minimum absolute atomic E-state index is 0.680. The molecule has 0 atom stereocenters. The number of nitrogens with zero attached hydrogens (tertiary/aromatic N) is 6. The van der Waals surface area contributed by atoms with Crippen LogP contribution in [0.3, 0.4) is 0 Å². The highest BCUT2D eigenvalue weighted by molar-refractivity contribution is 5.47. The molecule has 19 heavy (non-hydrogen) atoms. The third-order valence-electron chi connectivity index (χ3n) is 2.80. The number of pyridine rings is 1. The van der Waals surface area contributed by atoms with Crippen molar-refractivity contribution in [2.45, 2.75) is 6.54 Å². The molecule has 0 aliphatic carbocycles. The maximum atomic E-state index is 4.26. The fourth-order valence-electron chi connectivity index (χ4n) is 1.94. The van der Waals surface area contributed by atoms with Gasteiger partial charge in [0.05, 0.1) is 6.54 Å². The molecule has 94 valence electrons. The number of hydrogen-bond donors (Lipinski definition) is 0. The van der Waals surface area contributed by atoms with Crippen molar-refractivity contribution in [2.75, 3.05) is 0 Å². The Morgan fingerprint density at radius 3 is 3.16 bits per heavy atom. The van der Waals surface area contributed by atoms with Crippen LogP contribution in [-0.4, -0.2) is 30.9 Å². The highest BCUT2D eigenvalue weighted by atomic mass is 15.3. The van der Waals surface area contributed by atoms with Gasteiger partial charge in [0.1, 0.15) is 12.2 Å². The molecule has 0 unspecified atom stereocenters. The Morgan fingerprint density at radius 1 is 1.32 bits per heavy atom. The van der Waals surface area contributed by atoms with Crippen molar-refractivity contribution in [3.8, 4) is 0 Å². The molecule has 3 aromatic heterocycles. The second-order valence-corrected chi connectivity index (χ2v) is 3.97. The lowest BCUT2D eigenvalue weighted by Gasteiger charge is -2.06. The summed E-state index contributed by atoms with van der Waals surface area (Å²) in [5, 5.41) is 4.12. The zero-order chi connectivity index (χ0) is 13.1. The normalized spacial score (nSPS) is 11.4. The number of imidazole rings is 1. The molecule has 0 amide bonds. The van der Waals surface area contributed by atoms with E-state index < -0.39 is 0 Å². The minimum Gasteiger partial charge on any atom is -0.327 e. The van der Waals surface area contributed by atoms with Gasteiger partial charge < -0.3 is 4.57 Å². The van der Waals surface area contributed by atoms with E-state index in [4.69, 9.17) is 0 Å². The molecule has 0 spiro atoms. The van der Waals surface area contributed by atoms with E-state index in [1.165, 1.54) is 0 Å². The van der Waals surface area contributed by atoms with E-state index in [-0.39, 0.29) is 0 Å². The topological polar surface area (TPSA) is 60.4 Å². The molecule has 3 aromatic rings. The first-order chi connectivity index (χ1) is 9.38. The third-order valence-corrected chi connectivity index (χ3v) is 2.80. The van der Waals surface area contributed by atoms with Crippen LogP contribution >= 0.6 is 0 Å². The van der Waals surface area contributed by atoms with Crippen LogP contribution in [0.25, 0.3) is 11.7 Å². The lowest BCUT2D eigenvalue weighted by Crippen LogP contribution is -2.03. The molecule has 3 heterocycles. The van der Waals surface area contributed by atoms with Crippen molar-refractivity contribution in [3.05, 3.63) is 54.6 Å². The zero-order valence-corrected chi connectivity index (χ0v) is 10.2. The molecule has 0 aliphatic heterocycles. The highest BCUT2D eigenvalue weighted by Gasteiger charge is 2.05. The summed E-state index contributed by atoms with van der Waals surface area (Å²) in [7, 11) is 0. The van der Waals surface area contributed by atoms with Gasteiger partial charge in [-0.25, -0.2) is 14.5 Å². The Labute approximate surface area is 109 Å². The van der Waals surface area contributed by atoms with Crippen molar-refractivity contribution < 1.29 is 0 Å². The molecule has 0 aliphatic rings. The average molecular weight is 252 g/mol. The summed E-state index contributed by atoms with van der Waals surface area (Å²) in [6.45, 7) is 4.09. The minimum atomic E-state index is 0.680. The molecular formula is C13H12N6. The van der Waals surface area contributed by atoms with Crippen LogP contribution in [0.5, 0.6) is 0 Å². The Morgan fingerprint density at radius 2 is 2.26 bits per heavy atom. The summed E-state index contributed by atoms with van der Waals surface area (Å²) in [4.78, 5) is 12.2. The molecule has 0 radical (unpaired) electrons. The number of rotatable bonds is 4. The van der Waals surface area contributed by atoms with Crippen molar-refractivity contribution in [3.63, 3.8) is 0 Å². The van der Waals surface area contributed by atoms with E-state index in [0.29, 0.717) is 6.54 Å². The quantitative estimate of drug-likeness (QED) is 0.663. The molecule has 6 heteroatoms. The van der Waals surface area contributed by atoms with Crippen molar-refractivity contribution in [2.24, 2.45) is 4.99 Å². The van der Waals surface area contributed by atoms with E-state index in [1.54, 1.807) is 23.2 Å². The van der Waals surface area contributed by atoms with Gasteiger partial charge in [0.25, 0.3) is 0 Å². The van der Waals surface area contributed by atoms with Gasteiger partial charge in [-0.15, -0.1) is 0 Å². The molecule has 6 nitrogen and oxygen atoms in total. The van der Waals surface area contributed by atoms with E-state index in [0.717, 1.165) is 17.0 Å². The van der Waals surface area contributed by atoms with Crippen molar-refractivity contribution in [1.29, 1.82) is 0 Å². The second kappa shape index (κ2) is 4.85. The molecule has 0 fully saturated rings. The molecule has 0 aromatic carbocycles. The van der Waals surface area contributed by atoms with E-state index in [1.807, 2.05) is 35.2 Å². The van der Waals surface area contributed by atoms with Crippen molar-refractivity contribution >= 4 is 18.4 Å². The monoisotopic (exact) mass is 252 g/mol. The average Bonchev–Trinajstić information content (AvgIpc) is 3.05. The Bertz CT molecular complexity index is 736. The first kappa shape index (κ1) is 11.3. The Balaban J connectivity index is 1.97. The Hall–Kier alpha value is -2.76. The molecule has 0 N–H and O–H groups in total. The van der Waals surface area contributed by atoms with Crippen LogP contribution < -0.4 is 0 Å². The fraction of sp³-hybridized carbons (Fsp3) is 0.0769. The van der Waals surface area contributed by atoms with E-state index >= 15 is 0 Å². The Kier molecular flexibility index (Phi) is 2.89. The number of fused-ring (bicyclic) bond motifs is 1. The van der Waals surface area contributed by atoms with Crippen LogP contribution in [0.15, 0.2) is 48.2 Å². The molecular weight excluding hydrogens is 240 g/mol. The zero-order valence-electron chi connectivity index (χ0n) is 10.2. The van der Waals surface area contributed by atoms with Gasteiger partial charge in [-0.2, -0.15) is 5.10 Å². The maximum absolute atomic E-state index is 4.26. The van der Waals surface area contributed by atoms with Gasteiger partial charge in [-0.05, 0) is 18.9 Å². The van der Waals surface area contributed by atoms with Gasteiger partial charge in [0.15, 0.2) is 5.65 Å². The maximum Gasteiger partial charge on any atom is 0.160 e. The summed E-state index contributed by atoms with van der Waals surface area (Å²) in [6.07, 6.45) is 10.5.